The first-order valence-corrected chi connectivity index (χ1v) is 29.5. The molecule has 11 atom stereocenters. The zero-order valence-electron chi connectivity index (χ0n) is 50.6. The fourth-order valence-corrected chi connectivity index (χ4v) is 15.2. The van der Waals surface area contributed by atoms with Gasteiger partial charge in [0, 0.05) is 29.4 Å². The molecule has 0 radical (unpaired) electrons. The summed E-state index contributed by atoms with van der Waals surface area (Å²) >= 11 is 3.46. The van der Waals surface area contributed by atoms with E-state index in [9.17, 15) is 28.8 Å². The number of amides is 4. The van der Waals surface area contributed by atoms with Crippen LogP contribution in [0.25, 0.3) is 10.8 Å². The molecule has 3 aliphatic heterocycles. The maximum atomic E-state index is 14.6. The summed E-state index contributed by atoms with van der Waals surface area (Å²) in [5, 5.41) is 14.6. The molecular weight excluding hydrogens is 1320 g/mol. The number of fused-ring (bicyclic) bond motifs is 3. The van der Waals surface area contributed by atoms with Crippen LogP contribution in [-0.4, -0.2) is 101 Å². The van der Waals surface area contributed by atoms with Crippen LogP contribution in [0.5, 0.6) is 0 Å². The number of hydrogen-bond donors (Lipinski definition) is 4. The van der Waals surface area contributed by atoms with Gasteiger partial charge in [-0.3, -0.25) is 28.8 Å². The first-order valence-electron chi connectivity index (χ1n) is 27.4. The minimum atomic E-state index is -0.704. The summed E-state index contributed by atoms with van der Waals surface area (Å²) in [5.41, 5.74) is 2.84. The van der Waals surface area contributed by atoms with Gasteiger partial charge in [0.2, 0.25) is 23.6 Å². The Kier molecular flexibility index (Phi) is 41.7. The van der Waals surface area contributed by atoms with Gasteiger partial charge in [-0.1, -0.05) is 126 Å². The molecule has 3 heterocycles. The first kappa shape index (κ1) is 88.6. The molecule has 86 heavy (non-hydrogen) atoms. The molecule has 25 heteroatoms. The van der Waals surface area contributed by atoms with Crippen molar-refractivity contribution in [2.75, 3.05) is 31.8 Å². The minimum absolute atomic E-state index is 0. The molecule has 1 unspecified atom stereocenters. The number of benzene rings is 4. The van der Waals surface area contributed by atoms with Gasteiger partial charge in [0.25, 0.3) is 0 Å². The second kappa shape index (κ2) is 40.4. The van der Waals surface area contributed by atoms with Gasteiger partial charge in [-0.05, 0) is 114 Å². The molecule has 0 spiro atoms. The minimum Gasteiger partial charge on any atom is -0.374 e. The van der Waals surface area contributed by atoms with Gasteiger partial charge < -0.3 is 35.6 Å². The van der Waals surface area contributed by atoms with Crippen LogP contribution in [0.3, 0.4) is 0 Å². The quantitative estimate of drug-likeness (QED) is 0.0626. The fourth-order valence-electron chi connectivity index (χ4n) is 11.8. The van der Waals surface area contributed by atoms with E-state index in [1.54, 1.807) is 35.5 Å². The smallest absolute Gasteiger partial charge is 0.243 e. The van der Waals surface area contributed by atoms with Crippen LogP contribution in [0, 0.1) is 34.5 Å². The van der Waals surface area contributed by atoms with E-state index in [-0.39, 0.29) is 212 Å². The number of thioether (sulfide) groups is 2. The molecule has 1 aliphatic carbocycles. The molecule has 0 bridgehead atoms. The zero-order valence-corrected chi connectivity index (χ0v) is 62.2. The van der Waals surface area contributed by atoms with Gasteiger partial charge >= 0.3 is 0 Å². The third kappa shape index (κ3) is 21.8. The predicted octanol–water partition coefficient (Wildman–Crippen LogP) is 10.3. The van der Waals surface area contributed by atoms with E-state index >= 15 is 0 Å². The van der Waals surface area contributed by atoms with E-state index in [2.05, 4.69) is 73.2 Å². The second-order valence-electron chi connectivity index (χ2n) is 23.0. The van der Waals surface area contributed by atoms with E-state index in [1.807, 2.05) is 93.6 Å². The number of carbonyl (C=O) groups is 6. The van der Waals surface area contributed by atoms with Crippen LogP contribution in [0.4, 0.5) is 0 Å². The third-order valence-electron chi connectivity index (χ3n) is 16.5. The monoisotopic (exact) mass is 1410 g/mol. The molecule has 4 aromatic rings. The maximum absolute atomic E-state index is 14.6. The van der Waals surface area contributed by atoms with Crippen LogP contribution in [0.2, 0.25) is 0 Å². The molecule has 0 aromatic heterocycles. The Balaban J connectivity index is -0.00000689. The highest BCUT2D eigenvalue weighted by atomic mass is 32.2. The topological polar surface area (TPSA) is 172 Å². The predicted molar refractivity (Wildman–Crippen MR) is 406 cm³/mol. The van der Waals surface area contributed by atoms with Gasteiger partial charge in [-0.15, -0.1) is 11.8 Å². The standard InChI is InChI=1S/C61H79N5O8S2.10H2S/c1-9-37(2)56(69)63-46-25-27-75-50-31-60(4,5)53(52(50)54(46)68)57(70)64-47(41-16-12-10-13-17-41)35-73-33-39-20-22-44-29-40(21-23-43(44)28-39)34-74-36-48(42-18-14-11-15-19-42)65-58(71)55-61(6,7)32-51-66(55)59(72)45(24-26-76-51)30-49(67)38(3)62-8;;;;;;;;;;/h10-23,28-29,37-38,45-48,50-53,55,62H,9,24-27,30-36H2,1-8H3,(H,63,69)(H,64,70)(H,65,71);10*1H2/t37-,38+,45-,46+,47-,48-,50+,51+,52?,53-,55-;;;;;;;;;;/m1........../s1. The van der Waals surface area contributed by atoms with E-state index < -0.39 is 52.8 Å². The second-order valence-corrected chi connectivity index (χ2v) is 25.6. The van der Waals surface area contributed by atoms with Crippen LogP contribution in [0.15, 0.2) is 97.1 Å². The molecule has 4 aliphatic rings. The number of hydrogen-bond acceptors (Lipinski definition) is 11. The number of ether oxygens (including phenoxy) is 2. The normalized spacial score (nSPS) is 22.6. The Morgan fingerprint density at radius 3 is 1.65 bits per heavy atom. The van der Waals surface area contributed by atoms with E-state index in [1.165, 1.54) is 0 Å². The molecule has 3 saturated heterocycles. The van der Waals surface area contributed by atoms with Crippen molar-refractivity contribution >= 4 is 204 Å². The van der Waals surface area contributed by atoms with Crippen molar-refractivity contribution in [3.8, 4) is 0 Å². The molecule has 4 fully saturated rings. The number of nitrogens with one attached hydrogen (secondary N) is 4. The van der Waals surface area contributed by atoms with Crippen molar-refractivity contribution in [2.24, 2.45) is 34.5 Å². The lowest BCUT2D eigenvalue weighted by atomic mass is 9.75. The fraction of sp³-hybridized carbons (Fsp3) is 0.541. The van der Waals surface area contributed by atoms with Crippen LogP contribution in [0.1, 0.15) is 121 Å². The summed E-state index contributed by atoms with van der Waals surface area (Å²) in [6.07, 6.45) is 3.43. The number of ketones is 2. The van der Waals surface area contributed by atoms with Crippen molar-refractivity contribution in [2.45, 2.75) is 141 Å². The van der Waals surface area contributed by atoms with Gasteiger partial charge in [-0.2, -0.15) is 147 Å². The van der Waals surface area contributed by atoms with Gasteiger partial charge in [0.15, 0.2) is 5.78 Å². The van der Waals surface area contributed by atoms with Crippen molar-refractivity contribution in [1.82, 2.24) is 26.2 Å². The largest absolute Gasteiger partial charge is 0.374 e. The number of nitrogens with zero attached hydrogens (tertiary/aromatic N) is 1. The molecule has 488 valence electrons. The highest BCUT2D eigenvalue weighted by Crippen LogP contribution is 2.53. The number of carbonyl (C=O) groups excluding carboxylic acids is 6. The highest BCUT2D eigenvalue weighted by molar-refractivity contribution is 8.00. The average Bonchev–Trinajstić information content (AvgIpc) is 1.79. The van der Waals surface area contributed by atoms with E-state index in [0.717, 1.165) is 51.0 Å². The molecule has 4 amide bonds. The number of rotatable bonds is 21. The number of likely N-dealkylation sites (N-methyl/N-ethyl adjacent to an activating group) is 1. The Bertz CT molecular complexity index is 2560. The lowest BCUT2D eigenvalue weighted by Gasteiger charge is -2.35. The molecular formula is C61H99N5O8S12. The van der Waals surface area contributed by atoms with Gasteiger partial charge in [0.05, 0.1) is 61.9 Å². The lowest BCUT2D eigenvalue weighted by molar-refractivity contribution is -0.145. The van der Waals surface area contributed by atoms with Crippen LogP contribution >= 0.6 is 158 Å². The molecule has 1 saturated carbocycles. The average molecular weight is 1420 g/mol. The summed E-state index contributed by atoms with van der Waals surface area (Å²) in [6, 6.07) is 29.4. The number of Topliss-reactive ketones (excluding diaryl/α,β-unsaturated/α-hetero) is 2. The summed E-state index contributed by atoms with van der Waals surface area (Å²) in [4.78, 5) is 85.4. The summed E-state index contributed by atoms with van der Waals surface area (Å²) in [7, 11) is 1.74. The van der Waals surface area contributed by atoms with Crippen molar-refractivity contribution in [1.29, 1.82) is 0 Å². The highest BCUT2D eigenvalue weighted by Gasteiger charge is 2.57. The van der Waals surface area contributed by atoms with Gasteiger partial charge in [-0.25, -0.2) is 0 Å². The Morgan fingerprint density at radius 2 is 1.15 bits per heavy atom. The Labute approximate surface area is 590 Å². The summed E-state index contributed by atoms with van der Waals surface area (Å²) < 4.78 is 12.8. The lowest BCUT2D eigenvalue weighted by Crippen LogP contribution is -2.54. The summed E-state index contributed by atoms with van der Waals surface area (Å²) in [5.74, 6) is -0.882. The van der Waals surface area contributed by atoms with E-state index in [0.29, 0.717) is 38.9 Å². The van der Waals surface area contributed by atoms with Crippen LogP contribution in [-0.2, 0) is 51.5 Å². The molecule has 4 N–H and O–H groups in total. The van der Waals surface area contributed by atoms with Crippen molar-refractivity contribution in [3.05, 3.63) is 119 Å². The SMILES string of the molecule is CC[C@@H](C)C(=O)N[C@H]1CCS[C@H]2CC(C)(C)[C@@H](C(=O)N[C@H](COCc3ccc4cc(COC[C@@H](NC(=O)[C@H]5N6C(=O)[C@@H](CC(=O)[C@H](C)NC)CCS[C@H]6CC5(C)C)c5ccccc5)ccc4c3)c3ccccc3)C2C1=O.S.S.S.S.S.S.S.S.S.S. The molecule has 13 nitrogen and oxygen atoms in total. The molecule has 8 rings (SSSR count). The molecule has 4 aromatic carbocycles. The van der Waals surface area contributed by atoms with Crippen molar-refractivity contribution in [3.63, 3.8) is 0 Å². The van der Waals surface area contributed by atoms with Gasteiger partial charge in [0.1, 0.15) is 11.8 Å². The summed E-state index contributed by atoms with van der Waals surface area (Å²) in [6.45, 7) is 15.0. The Morgan fingerprint density at radius 1 is 0.651 bits per heavy atom. The third-order valence-corrected chi connectivity index (χ3v) is 19.1. The van der Waals surface area contributed by atoms with Crippen LogP contribution < -0.4 is 21.3 Å². The Hall–Kier alpha value is -1.56. The maximum Gasteiger partial charge on any atom is 0.243 e. The first-order chi connectivity index (χ1) is 36.4. The zero-order chi connectivity index (χ0) is 54.3. The van der Waals surface area contributed by atoms with E-state index in [4.69, 9.17) is 9.47 Å². The van der Waals surface area contributed by atoms with Crippen molar-refractivity contribution < 1.29 is 38.2 Å².